The molecule has 34 heavy (non-hydrogen) atoms. The lowest BCUT2D eigenvalue weighted by molar-refractivity contribution is -0.118. The van der Waals surface area contributed by atoms with Crippen LogP contribution < -0.4 is 14.8 Å². The average molecular weight is 459 g/mol. The highest BCUT2D eigenvalue weighted by atomic mass is 16.5. The number of rotatable bonds is 4. The van der Waals surface area contributed by atoms with Gasteiger partial charge in [-0.1, -0.05) is 32.0 Å². The van der Waals surface area contributed by atoms with E-state index in [1.54, 1.807) is 14.2 Å². The Balaban J connectivity index is 1.69. The van der Waals surface area contributed by atoms with Crippen molar-refractivity contribution < 1.29 is 14.3 Å². The number of fused-ring (bicyclic) bond motifs is 1. The molecule has 1 aromatic heterocycles. The van der Waals surface area contributed by atoms with Crippen molar-refractivity contribution in [1.29, 1.82) is 0 Å². The third-order valence-electron chi connectivity index (χ3n) is 6.82. The molecule has 5 rings (SSSR count). The fraction of sp³-hybridized carbons (Fsp3) is 0.370. The van der Waals surface area contributed by atoms with Crippen LogP contribution in [0, 0.1) is 19.3 Å². The zero-order valence-electron chi connectivity index (χ0n) is 20.5. The molecule has 0 saturated heterocycles. The van der Waals surface area contributed by atoms with E-state index in [4.69, 9.17) is 19.6 Å². The van der Waals surface area contributed by atoms with Crippen LogP contribution in [0.15, 0.2) is 47.7 Å². The van der Waals surface area contributed by atoms with Gasteiger partial charge in [-0.15, -0.1) is 5.10 Å². The fourth-order valence-corrected chi connectivity index (χ4v) is 4.94. The summed E-state index contributed by atoms with van der Waals surface area (Å²) in [4.78, 5) is 18.3. The lowest BCUT2D eigenvalue weighted by atomic mass is 9.73. The molecule has 1 aliphatic carbocycles. The predicted octanol–water partition coefficient (Wildman–Crippen LogP) is 5.24. The summed E-state index contributed by atoms with van der Waals surface area (Å²) in [6.07, 6.45) is 1.26. The van der Waals surface area contributed by atoms with Gasteiger partial charge >= 0.3 is 0 Å². The lowest BCUT2D eigenvalue weighted by Gasteiger charge is -2.38. The highest BCUT2D eigenvalue weighted by Crippen LogP contribution is 2.46. The zero-order valence-corrected chi connectivity index (χ0v) is 20.5. The Morgan fingerprint density at radius 3 is 2.47 bits per heavy atom. The van der Waals surface area contributed by atoms with Crippen LogP contribution in [0.5, 0.6) is 11.5 Å². The van der Waals surface area contributed by atoms with Crippen molar-refractivity contribution in [2.45, 2.75) is 46.6 Å². The number of allylic oxidation sites excluding steroid dienone is 2. The number of benzene rings is 2. The summed E-state index contributed by atoms with van der Waals surface area (Å²) in [5.74, 6) is 2.65. The van der Waals surface area contributed by atoms with Gasteiger partial charge in [0.05, 0.1) is 14.2 Å². The van der Waals surface area contributed by atoms with Crippen LogP contribution in [-0.4, -0.2) is 34.8 Å². The Morgan fingerprint density at radius 2 is 1.76 bits per heavy atom. The summed E-state index contributed by atoms with van der Waals surface area (Å²) in [6.45, 7) is 8.43. The van der Waals surface area contributed by atoms with Gasteiger partial charge in [0.15, 0.2) is 23.1 Å². The van der Waals surface area contributed by atoms with E-state index in [-0.39, 0.29) is 11.2 Å². The molecule has 1 atom stereocenters. The van der Waals surface area contributed by atoms with Crippen LogP contribution in [0.1, 0.15) is 49.4 Å². The van der Waals surface area contributed by atoms with E-state index >= 15 is 0 Å². The van der Waals surface area contributed by atoms with Gasteiger partial charge < -0.3 is 14.8 Å². The number of ketones is 1. The van der Waals surface area contributed by atoms with Crippen molar-refractivity contribution >= 4 is 11.7 Å². The number of Topliss-reactive ketones (excluding diaryl/α,β-unsaturated/α-hetero) is 1. The second-order valence-corrected chi connectivity index (χ2v) is 9.98. The third-order valence-corrected chi connectivity index (χ3v) is 6.82. The van der Waals surface area contributed by atoms with E-state index in [2.05, 4.69) is 45.1 Å². The van der Waals surface area contributed by atoms with Gasteiger partial charge in [-0.25, -0.2) is 4.68 Å². The molecular weight excluding hydrogens is 428 g/mol. The van der Waals surface area contributed by atoms with Gasteiger partial charge in [-0.2, -0.15) is 4.98 Å². The second-order valence-electron chi connectivity index (χ2n) is 9.98. The molecule has 176 valence electrons. The van der Waals surface area contributed by atoms with Crippen molar-refractivity contribution in [3.8, 4) is 22.9 Å². The number of nitrogens with one attached hydrogen (secondary N) is 1. The van der Waals surface area contributed by atoms with Crippen molar-refractivity contribution in [1.82, 2.24) is 14.8 Å². The van der Waals surface area contributed by atoms with Gasteiger partial charge in [-0.3, -0.25) is 4.79 Å². The molecule has 0 saturated carbocycles. The molecule has 1 unspecified atom stereocenters. The van der Waals surface area contributed by atoms with Gasteiger partial charge in [0.1, 0.15) is 6.04 Å². The van der Waals surface area contributed by atoms with Crippen molar-refractivity contribution in [3.63, 3.8) is 0 Å². The first kappa shape index (κ1) is 22.2. The smallest absolute Gasteiger partial charge is 0.226 e. The summed E-state index contributed by atoms with van der Waals surface area (Å²) in [6, 6.07) is 11.6. The Morgan fingerprint density at radius 1 is 1.00 bits per heavy atom. The second kappa shape index (κ2) is 8.01. The van der Waals surface area contributed by atoms with Crippen molar-refractivity contribution in [3.05, 3.63) is 64.4 Å². The minimum absolute atomic E-state index is 0.121. The normalized spacial score (nSPS) is 18.8. The van der Waals surface area contributed by atoms with Gasteiger partial charge in [0.2, 0.25) is 5.95 Å². The molecule has 3 aromatic rings. The molecule has 0 spiro atoms. The maximum absolute atomic E-state index is 13.5. The average Bonchev–Trinajstić information content (AvgIpc) is 3.21. The van der Waals surface area contributed by atoms with Gasteiger partial charge in [-0.05, 0) is 60.6 Å². The number of aromatic nitrogens is 3. The van der Waals surface area contributed by atoms with E-state index in [0.29, 0.717) is 29.7 Å². The van der Waals surface area contributed by atoms with Gasteiger partial charge in [0.25, 0.3) is 0 Å². The number of carbonyl (C=O) groups excluding carboxylic acids is 1. The number of carbonyl (C=O) groups is 1. The summed E-state index contributed by atoms with van der Waals surface area (Å²) in [5.41, 5.74) is 5.80. The van der Waals surface area contributed by atoms with Gasteiger partial charge in [0, 0.05) is 23.3 Å². The van der Waals surface area contributed by atoms with E-state index in [0.717, 1.165) is 28.8 Å². The molecule has 1 N–H and O–H groups in total. The predicted molar refractivity (Wildman–Crippen MR) is 131 cm³/mol. The SMILES string of the molecule is COc1ccc(C2C3=C(CC(C)(C)CC3=O)Nc3nc(-c4ccc(C)c(C)c4)nn32)cc1OC. The van der Waals surface area contributed by atoms with Crippen molar-refractivity contribution in [2.24, 2.45) is 5.41 Å². The number of nitrogens with zero attached hydrogens (tertiary/aromatic N) is 3. The molecule has 0 fully saturated rings. The molecular formula is C27H30N4O3. The Hall–Kier alpha value is -3.61. The van der Waals surface area contributed by atoms with E-state index in [1.165, 1.54) is 11.1 Å². The van der Waals surface area contributed by atoms with E-state index < -0.39 is 6.04 Å². The van der Waals surface area contributed by atoms with Crippen LogP contribution >= 0.6 is 0 Å². The van der Waals surface area contributed by atoms with E-state index in [9.17, 15) is 4.79 Å². The zero-order chi connectivity index (χ0) is 24.2. The molecule has 1 aliphatic heterocycles. The van der Waals surface area contributed by atoms with Crippen LogP contribution in [0.2, 0.25) is 0 Å². The Bertz CT molecular complexity index is 1340. The fourth-order valence-electron chi connectivity index (χ4n) is 4.94. The number of methoxy groups -OCH3 is 2. The minimum atomic E-state index is -0.401. The highest BCUT2D eigenvalue weighted by molar-refractivity contribution is 6.00. The molecule has 0 bridgehead atoms. The first-order chi connectivity index (χ1) is 16.2. The topological polar surface area (TPSA) is 78.3 Å². The molecule has 2 aromatic carbocycles. The number of ether oxygens (including phenoxy) is 2. The molecule has 2 heterocycles. The Labute approximate surface area is 199 Å². The lowest BCUT2D eigenvalue weighted by Crippen LogP contribution is -2.36. The Kier molecular flexibility index (Phi) is 5.23. The van der Waals surface area contributed by atoms with Crippen LogP contribution in [0.3, 0.4) is 0 Å². The van der Waals surface area contributed by atoms with Crippen LogP contribution in [0.25, 0.3) is 11.4 Å². The number of hydrogen-bond acceptors (Lipinski definition) is 6. The highest BCUT2D eigenvalue weighted by Gasteiger charge is 2.42. The summed E-state index contributed by atoms with van der Waals surface area (Å²) in [5, 5.41) is 8.34. The number of aryl methyl sites for hydroxylation is 2. The van der Waals surface area contributed by atoms with E-state index in [1.807, 2.05) is 28.9 Å². The molecule has 0 radical (unpaired) electrons. The molecule has 7 heteroatoms. The van der Waals surface area contributed by atoms with Crippen molar-refractivity contribution in [2.75, 3.05) is 19.5 Å². The summed E-state index contributed by atoms with van der Waals surface area (Å²) < 4.78 is 12.8. The quantitative estimate of drug-likeness (QED) is 0.576. The molecule has 7 nitrogen and oxygen atoms in total. The minimum Gasteiger partial charge on any atom is -0.493 e. The first-order valence-corrected chi connectivity index (χ1v) is 11.5. The number of hydrogen-bond donors (Lipinski definition) is 1. The summed E-state index contributed by atoms with van der Waals surface area (Å²) >= 11 is 0. The monoisotopic (exact) mass is 458 g/mol. The summed E-state index contributed by atoms with van der Waals surface area (Å²) in [7, 11) is 3.22. The largest absolute Gasteiger partial charge is 0.493 e. The maximum atomic E-state index is 13.5. The molecule has 2 aliphatic rings. The number of anilines is 1. The third kappa shape index (κ3) is 3.65. The maximum Gasteiger partial charge on any atom is 0.226 e. The van der Waals surface area contributed by atoms with Crippen LogP contribution in [0.4, 0.5) is 5.95 Å². The standard InChI is InChI=1S/C27H30N4O3/c1-15-7-8-18(11-16(15)2)25-29-26-28-19-13-27(3,4)14-20(32)23(19)24(31(26)30-25)17-9-10-21(33-5)22(12-17)34-6/h7-12,24H,13-14H2,1-6H3,(H,28,29,30). The first-order valence-electron chi connectivity index (χ1n) is 11.5. The molecule has 0 amide bonds. The van der Waals surface area contributed by atoms with Crippen LogP contribution in [-0.2, 0) is 4.79 Å².